The second-order valence-corrected chi connectivity index (χ2v) is 9.15. The second kappa shape index (κ2) is 8.97. The predicted octanol–water partition coefficient (Wildman–Crippen LogP) is 5.22. The molecule has 138 valence electrons. The Hall–Kier alpha value is -1.74. The van der Waals surface area contributed by atoms with Crippen LogP contribution in [0.2, 0.25) is 5.02 Å². The fraction of sp³-hybridized carbons (Fsp3) is 0.111. The van der Waals surface area contributed by atoms with Crippen molar-refractivity contribution in [3.63, 3.8) is 0 Å². The molecule has 1 aromatic heterocycles. The van der Waals surface area contributed by atoms with Gasteiger partial charge in [-0.3, -0.25) is 9.59 Å². The molecular formula is C18H13BrClN3O2S2. The van der Waals surface area contributed by atoms with E-state index in [-0.39, 0.29) is 17.4 Å². The number of amides is 1. The number of carbonyl (C=O) groups is 2. The van der Waals surface area contributed by atoms with Crippen molar-refractivity contribution in [1.29, 1.82) is 0 Å². The van der Waals surface area contributed by atoms with E-state index in [2.05, 4.69) is 31.4 Å². The van der Waals surface area contributed by atoms with Crippen molar-refractivity contribution in [2.24, 2.45) is 0 Å². The molecule has 0 bridgehead atoms. The molecule has 2 aromatic carbocycles. The van der Waals surface area contributed by atoms with E-state index in [4.69, 9.17) is 11.6 Å². The Morgan fingerprint density at radius 3 is 2.67 bits per heavy atom. The standard InChI is InChI=1S/C18H13BrClN3O2S2/c1-10-22-23-18(27-10)26-9-16(24)21-15-7-6-11(19)8-13(15)17(25)12-4-2-3-5-14(12)20/h2-8H,9H2,1H3,(H,21,24). The van der Waals surface area contributed by atoms with Crippen LogP contribution in [-0.4, -0.2) is 27.6 Å². The minimum Gasteiger partial charge on any atom is -0.325 e. The molecular weight excluding hydrogens is 470 g/mol. The summed E-state index contributed by atoms with van der Waals surface area (Å²) < 4.78 is 1.46. The highest BCUT2D eigenvalue weighted by molar-refractivity contribution is 9.10. The Labute approximate surface area is 177 Å². The lowest BCUT2D eigenvalue weighted by Crippen LogP contribution is -2.17. The van der Waals surface area contributed by atoms with Gasteiger partial charge in [-0.2, -0.15) is 0 Å². The van der Waals surface area contributed by atoms with Crippen molar-refractivity contribution in [2.45, 2.75) is 11.3 Å². The summed E-state index contributed by atoms with van der Waals surface area (Å²) >= 11 is 12.3. The van der Waals surface area contributed by atoms with Gasteiger partial charge in [-0.1, -0.05) is 62.8 Å². The zero-order valence-electron chi connectivity index (χ0n) is 14.0. The molecule has 0 saturated heterocycles. The van der Waals surface area contributed by atoms with Gasteiger partial charge in [-0.05, 0) is 37.3 Å². The maximum Gasteiger partial charge on any atom is 0.234 e. The van der Waals surface area contributed by atoms with Crippen molar-refractivity contribution in [3.05, 3.63) is 68.1 Å². The maximum absolute atomic E-state index is 12.9. The van der Waals surface area contributed by atoms with E-state index in [0.717, 1.165) is 13.8 Å². The number of nitrogens with zero attached hydrogens (tertiary/aromatic N) is 2. The SMILES string of the molecule is Cc1nnc(SCC(=O)Nc2ccc(Br)cc2C(=O)c2ccccc2Cl)s1. The lowest BCUT2D eigenvalue weighted by Gasteiger charge is -2.11. The zero-order chi connectivity index (χ0) is 19.4. The topological polar surface area (TPSA) is 72.0 Å². The Morgan fingerprint density at radius 2 is 1.96 bits per heavy atom. The molecule has 0 aliphatic carbocycles. The quantitative estimate of drug-likeness (QED) is 0.385. The van der Waals surface area contributed by atoms with Gasteiger partial charge in [-0.25, -0.2) is 0 Å². The van der Waals surface area contributed by atoms with Gasteiger partial charge in [0.2, 0.25) is 5.91 Å². The monoisotopic (exact) mass is 481 g/mol. The van der Waals surface area contributed by atoms with E-state index >= 15 is 0 Å². The summed E-state index contributed by atoms with van der Waals surface area (Å²) in [5, 5.41) is 11.9. The number of hydrogen-bond donors (Lipinski definition) is 1. The third kappa shape index (κ3) is 5.16. The largest absolute Gasteiger partial charge is 0.325 e. The summed E-state index contributed by atoms with van der Waals surface area (Å²) in [6.07, 6.45) is 0. The number of thioether (sulfide) groups is 1. The first-order chi connectivity index (χ1) is 12.9. The Balaban J connectivity index is 1.78. The minimum atomic E-state index is -0.260. The van der Waals surface area contributed by atoms with Crippen LogP contribution in [0.15, 0.2) is 51.3 Å². The first-order valence-electron chi connectivity index (χ1n) is 7.75. The van der Waals surface area contributed by atoms with Crippen molar-refractivity contribution in [3.8, 4) is 0 Å². The molecule has 1 amide bonds. The summed E-state index contributed by atoms with van der Waals surface area (Å²) in [6, 6.07) is 11.9. The molecule has 3 rings (SSSR count). The van der Waals surface area contributed by atoms with Gasteiger partial charge in [0.05, 0.1) is 16.5 Å². The number of halogens is 2. The Kier molecular flexibility index (Phi) is 6.64. The Bertz CT molecular complexity index is 1010. The molecule has 3 aromatic rings. The van der Waals surface area contributed by atoms with E-state index in [1.54, 1.807) is 42.5 Å². The number of benzene rings is 2. The minimum absolute atomic E-state index is 0.171. The molecule has 0 fully saturated rings. The van der Waals surface area contributed by atoms with E-state index in [9.17, 15) is 9.59 Å². The van der Waals surface area contributed by atoms with Crippen molar-refractivity contribution >= 4 is 68.0 Å². The van der Waals surface area contributed by atoms with Gasteiger partial charge >= 0.3 is 0 Å². The molecule has 0 atom stereocenters. The number of anilines is 1. The summed E-state index contributed by atoms with van der Waals surface area (Å²) in [4.78, 5) is 25.3. The first-order valence-corrected chi connectivity index (χ1v) is 10.7. The molecule has 0 aliphatic heterocycles. The van der Waals surface area contributed by atoms with Gasteiger partial charge < -0.3 is 5.32 Å². The van der Waals surface area contributed by atoms with E-state index in [0.29, 0.717) is 21.8 Å². The van der Waals surface area contributed by atoms with Gasteiger partial charge in [0.15, 0.2) is 10.1 Å². The summed E-state index contributed by atoms with van der Waals surface area (Å²) in [5.41, 5.74) is 1.18. The van der Waals surface area contributed by atoms with E-state index in [1.165, 1.54) is 23.1 Å². The van der Waals surface area contributed by atoms with E-state index in [1.807, 2.05) is 6.92 Å². The number of aromatic nitrogens is 2. The van der Waals surface area contributed by atoms with E-state index < -0.39 is 0 Å². The average molecular weight is 483 g/mol. The highest BCUT2D eigenvalue weighted by Gasteiger charge is 2.18. The van der Waals surface area contributed by atoms with Crippen LogP contribution in [0.25, 0.3) is 0 Å². The van der Waals surface area contributed by atoms with Crippen LogP contribution in [0.1, 0.15) is 20.9 Å². The number of aryl methyl sites for hydroxylation is 1. The third-order valence-corrected chi connectivity index (χ3v) is 6.25. The fourth-order valence-electron chi connectivity index (χ4n) is 2.25. The number of rotatable bonds is 6. The molecule has 1 N–H and O–H groups in total. The molecule has 0 saturated carbocycles. The van der Waals surface area contributed by atoms with Crippen molar-refractivity contribution in [1.82, 2.24) is 10.2 Å². The molecule has 27 heavy (non-hydrogen) atoms. The lowest BCUT2D eigenvalue weighted by molar-refractivity contribution is -0.113. The van der Waals surface area contributed by atoms with Gasteiger partial charge in [0.1, 0.15) is 5.01 Å². The summed E-state index contributed by atoms with van der Waals surface area (Å²) in [6.45, 7) is 1.86. The number of hydrogen-bond acceptors (Lipinski definition) is 6. The van der Waals surface area contributed by atoms with Crippen LogP contribution in [0.5, 0.6) is 0 Å². The van der Waals surface area contributed by atoms with Crippen molar-refractivity contribution in [2.75, 3.05) is 11.1 Å². The highest BCUT2D eigenvalue weighted by atomic mass is 79.9. The molecule has 5 nitrogen and oxygen atoms in total. The summed E-state index contributed by atoms with van der Waals surface area (Å²) in [7, 11) is 0. The van der Waals surface area contributed by atoms with Crippen LogP contribution < -0.4 is 5.32 Å². The summed E-state index contributed by atoms with van der Waals surface area (Å²) in [5.74, 6) is -0.322. The lowest BCUT2D eigenvalue weighted by atomic mass is 10.0. The second-order valence-electron chi connectivity index (χ2n) is 5.42. The number of ketones is 1. The van der Waals surface area contributed by atoms with Gasteiger partial charge in [-0.15, -0.1) is 10.2 Å². The van der Waals surface area contributed by atoms with Crippen LogP contribution >= 0.6 is 50.6 Å². The normalized spacial score (nSPS) is 10.6. The number of nitrogens with one attached hydrogen (secondary N) is 1. The highest BCUT2D eigenvalue weighted by Crippen LogP contribution is 2.27. The molecule has 0 spiro atoms. The molecule has 0 radical (unpaired) electrons. The predicted molar refractivity (Wildman–Crippen MR) is 113 cm³/mol. The average Bonchev–Trinajstić information content (AvgIpc) is 3.07. The molecule has 1 heterocycles. The van der Waals surface area contributed by atoms with Gasteiger partial charge in [0.25, 0.3) is 0 Å². The zero-order valence-corrected chi connectivity index (χ0v) is 18.0. The van der Waals surface area contributed by atoms with Crippen LogP contribution in [0.4, 0.5) is 5.69 Å². The van der Waals surface area contributed by atoms with Gasteiger partial charge in [0, 0.05) is 15.6 Å². The fourth-order valence-corrected chi connectivity index (χ4v) is 4.45. The number of carbonyl (C=O) groups excluding carboxylic acids is 2. The van der Waals surface area contributed by atoms with Crippen LogP contribution in [-0.2, 0) is 4.79 Å². The van der Waals surface area contributed by atoms with Crippen molar-refractivity contribution < 1.29 is 9.59 Å². The smallest absolute Gasteiger partial charge is 0.234 e. The van der Waals surface area contributed by atoms with Crippen LogP contribution in [0, 0.1) is 6.92 Å². The van der Waals surface area contributed by atoms with Crippen LogP contribution in [0.3, 0.4) is 0 Å². The first kappa shape index (κ1) is 20.0. The third-order valence-electron chi connectivity index (χ3n) is 3.45. The molecule has 0 aliphatic rings. The molecule has 9 heteroatoms. The molecule has 0 unspecified atom stereocenters. The maximum atomic E-state index is 12.9. The Morgan fingerprint density at radius 1 is 1.19 bits per heavy atom.